The van der Waals surface area contributed by atoms with Gasteiger partial charge in [0.15, 0.2) is 0 Å². The van der Waals surface area contributed by atoms with E-state index in [-0.39, 0.29) is 67.6 Å². The minimum atomic E-state index is -0.709. The van der Waals surface area contributed by atoms with Gasteiger partial charge in [-0.1, -0.05) is 84.4 Å². The van der Waals surface area contributed by atoms with Crippen LogP contribution in [0, 0.1) is 12.3 Å². The highest BCUT2D eigenvalue weighted by molar-refractivity contribution is 6.04. The fourth-order valence-electron chi connectivity index (χ4n) is 4.56. The zero-order chi connectivity index (χ0) is 28.5. The molecule has 224 valence electrons. The van der Waals surface area contributed by atoms with Gasteiger partial charge in [0.1, 0.15) is 18.5 Å². The second-order valence-electron chi connectivity index (χ2n) is 10.0. The van der Waals surface area contributed by atoms with Crippen LogP contribution in [0.2, 0.25) is 0 Å². The number of alkyl carbamates (subject to hydrolysis) is 1. The Bertz CT molecular complexity index is 1350. The summed E-state index contributed by atoms with van der Waals surface area (Å²) in [6.07, 6.45) is -0.0235. The summed E-state index contributed by atoms with van der Waals surface area (Å²) in [6.45, 7) is 4.81. The quantitative estimate of drug-likeness (QED) is 0.181. The third-order valence-corrected chi connectivity index (χ3v) is 6.86. The van der Waals surface area contributed by atoms with E-state index in [4.69, 9.17) is 10.1 Å². The largest absolute Gasteiger partial charge is 0.444 e. The van der Waals surface area contributed by atoms with Gasteiger partial charge in [-0.2, -0.15) is 0 Å². The fourth-order valence-corrected chi connectivity index (χ4v) is 4.56. The first-order chi connectivity index (χ1) is 19.3. The van der Waals surface area contributed by atoms with Crippen molar-refractivity contribution in [1.29, 1.82) is 5.41 Å². The Morgan fingerprint density at radius 1 is 0.976 bits per heavy atom. The SMILES string of the molecule is Cc1cccc([C@H]2CN[C@@H](C(=O)N[C@@H](C)C(=O)NCc3ccc(C(=N)NC(=O)OCc4ccccc4)cc3)C2)c1.Cl.Cl. The number of rotatable bonds is 9. The molecule has 0 saturated carbocycles. The predicted molar refractivity (Wildman–Crippen MR) is 167 cm³/mol. The molecule has 0 aliphatic carbocycles. The van der Waals surface area contributed by atoms with Crippen LogP contribution in [0.25, 0.3) is 0 Å². The Balaban J connectivity index is 0.00000308. The fraction of sp³-hybridized carbons (Fsp3) is 0.290. The second kappa shape index (κ2) is 16.5. The Morgan fingerprint density at radius 2 is 1.69 bits per heavy atom. The second-order valence-corrected chi connectivity index (χ2v) is 10.0. The average Bonchev–Trinajstić information content (AvgIpc) is 3.46. The van der Waals surface area contributed by atoms with E-state index < -0.39 is 12.1 Å². The van der Waals surface area contributed by atoms with Gasteiger partial charge in [0.25, 0.3) is 0 Å². The minimum absolute atomic E-state index is 0. The van der Waals surface area contributed by atoms with E-state index in [0.29, 0.717) is 12.0 Å². The molecule has 0 aromatic heterocycles. The molecule has 3 atom stereocenters. The van der Waals surface area contributed by atoms with Crippen LogP contribution < -0.4 is 21.3 Å². The number of halogens is 2. The third-order valence-electron chi connectivity index (χ3n) is 6.86. The van der Waals surface area contributed by atoms with Crippen LogP contribution in [0.5, 0.6) is 0 Å². The first kappa shape index (κ1) is 34.3. The van der Waals surface area contributed by atoms with Crippen molar-refractivity contribution >= 4 is 48.6 Å². The molecular weight excluding hydrogens is 577 g/mol. The number of nitrogens with one attached hydrogen (secondary N) is 5. The Hall–Kier alpha value is -3.92. The Labute approximate surface area is 258 Å². The maximum Gasteiger partial charge on any atom is 0.413 e. The van der Waals surface area contributed by atoms with E-state index in [1.165, 1.54) is 11.1 Å². The van der Waals surface area contributed by atoms with Crippen molar-refractivity contribution in [3.8, 4) is 0 Å². The summed E-state index contributed by atoms with van der Waals surface area (Å²) in [7, 11) is 0. The number of aryl methyl sites for hydroxylation is 1. The third kappa shape index (κ3) is 9.87. The molecule has 1 aliphatic heterocycles. The van der Waals surface area contributed by atoms with E-state index in [2.05, 4.69) is 46.4 Å². The van der Waals surface area contributed by atoms with Crippen LogP contribution >= 0.6 is 24.8 Å². The number of benzene rings is 3. The Morgan fingerprint density at radius 3 is 2.38 bits per heavy atom. The van der Waals surface area contributed by atoms with E-state index >= 15 is 0 Å². The molecule has 11 heteroatoms. The van der Waals surface area contributed by atoms with E-state index in [9.17, 15) is 14.4 Å². The summed E-state index contributed by atoms with van der Waals surface area (Å²) in [5, 5.41) is 19.4. The average molecular weight is 615 g/mol. The molecular formula is C31H37Cl2N5O4. The minimum Gasteiger partial charge on any atom is -0.444 e. The van der Waals surface area contributed by atoms with E-state index in [0.717, 1.165) is 17.7 Å². The standard InChI is InChI=1S/C31H35N5O4.2ClH/c1-20-7-6-10-25(15-20)26-16-27(33-18-26)30(38)35-21(2)29(37)34-17-22-11-13-24(14-12-22)28(32)36-31(39)40-19-23-8-4-3-5-9-23;;/h3-15,21,26-27,33H,16-19H2,1-2H3,(H,34,37)(H,35,38)(H2,32,36,39);2*1H/t21-,26+,27+;;/m0../s1. The van der Waals surface area contributed by atoms with Crippen molar-refractivity contribution in [2.24, 2.45) is 0 Å². The number of amides is 3. The summed E-state index contributed by atoms with van der Waals surface area (Å²) in [5.74, 6) is -0.300. The topological polar surface area (TPSA) is 132 Å². The zero-order valence-electron chi connectivity index (χ0n) is 23.5. The van der Waals surface area contributed by atoms with Crippen LogP contribution in [-0.4, -0.2) is 42.4 Å². The summed E-state index contributed by atoms with van der Waals surface area (Å²) in [6, 6.07) is 23.5. The van der Waals surface area contributed by atoms with Crippen LogP contribution in [0.1, 0.15) is 47.1 Å². The lowest BCUT2D eigenvalue weighted by Gasteiger charge is -2.17. The summed E-state index contributed by atoms with van der Waals surface area (Å²) in [4.78, 5) is 37.4. The number of carbonyl (C=O) groups is 3. The molecule has 1 heterocycles. The number of amidine groups is 1. The van der Waals surface area contributed by atoms with Gasteiger partial charge in [0.2, 0.25) is 11.8 Å². The molecule has 5 N–H and O–H groups in total. The van der Waals surface area contributed by atoms with Crippen LogP contribution in [0.4, 0.5) is 4.79 Å². The molecule has 1 saturated heterocycles. The highest BCUT2D eigenvalue weighted by Gasteiger charge is 2.31. The lowest BCUT2D eigenvalue weighted by Crippen LogP contribution is -2.49. The van der Waals surface area contributed by atoms with Crippen LogP contribution in [-0.2, 0) is 27.5 Å². The van der Waals surface area contributed by atoms with Gasteiger partial charge >= 0.3 is 6.09 Å². The van der Waals surface area contributed by atoms with Gasteiger partial charge in [-0.15, -0.1) is 24.8 Å². The zero-order valence-corrected chi connectivity index (χ0v) is 25.1. The van der Waals surface area contributed by atoms with Crippen molar-refractivity contribution < 1.29 is 19.1 Å². The van der Waals surface area contributed by atoms with Crippen molar-refractivity contribution in [1.82, 2.24) is 21.3 Å². The number of hydrogen-bond acceptors (Lipinski definition) is 6. The molecule has 42 heavy (non-hydrogen) atoms. The summed E-state index contributed by atoms with van der Waals surface area (Å²) >= 11 is 0. The van der Waals surface area contributed by atoms with Gasteiger partial charge in [-0.05, 0) is 42.9 Å². The van der Waals surface area contributed by atoms with E-state index in [1.807, 2.05) is 36.4 Å². The summed E-state index contributed by atoms with van der Waals surface area (Å²) < 4.78 is 5.15. The van der Waals surface area contributed by atoms with Gasteiger partial charge in [-0.25, -0.2) is 4.79 Å². The molecule has 0 radical (unpaired) electrons. The van der Waals surface area contributed by atoms with Crippen molar-refractivity contribution in [2.45, 2.75) is 51.4 Å². The lowest BCUT2D eigenvalue weighted by molar-refractivity contribution is -0.129. The maximum absolute atomic E-state index is 12.8. The highest BCUT2D eigenvalue weighted by atomic mass is 35.5. The predicted octanol–water partition coefficient (Wildman–Crippen LogP) is 4.36. The number of hydrogen-bond donors (Lipinski definition) is 5. The highest BCUT2D eigenvalue weighted by Crippen LogP contribution is 2.26. The van der Waals surface area contributed by atoms with E-state index in [1.54, 1.807) is 31.2 Å². The maximum atomic E-state index is 12.8. The molecule has 3 aromatic rings. The van der Waals surface area contributed by atoms with Crippen LogP contribution in [0.3, 0.4) is 0 Å². The van der Waals surface area contributed by atoms with Gasteiger partial charge in [0.05, 0.1) is 6.04 Å². The number of carbonyl (C=O) groups excluding carboxylic acids is 3. The van der Waals surface area contributed by atoms with Gasteiger partial charge in [-0.3, -0.25) is 20.3 Å². The molecule has 9 nitrogen and oxygen atoms in total. The lowest BCUT2D eigenvalue weighted by atomic mass is 9.95. The molecule has 1 aliphatic rings. The first-order valence-electron chi connectivity index (χ1n) is 13.3. The molecule has 1 fully saturated rings. The smallest absolute Gasteiger partial charge is 0.413 e. The Kier molecular flexibility index (Phi) is 13.5. The molecule has 4 rings (SSSR count). The van der Waals surface area contributed by atoms with Crippen molar-refractivity contribution in [3.63, 3.8) is 0 Å². The number of ether oxygens (including phenoxy) is 1. The van der Waals surface area contributed by atoms with Gasteiger partial charge in [0, 0.05) is 18.7 Å². The van der Waals surface area contributed by atoms with Crippen LogP contribution in [0.15, 0.2) is 78.9 Å². The normalized spacial score (nSPS) is 16.1. The molecule has 0 unspecified atom stereocenters. The molecule has 0 bridgehead atoms. The monoisotopic (exact) mass is 613 g/mol. The molecule has 0 spiro atoms. The molecule has 3 amide bonds. The summed E-state index contributed by atoms with van der Waals surface area (Å²) in [5.41, 5.74) is 4.58. The molecule has 3 aromatic carbocycles. The van der Waals surface area contributed by atoms with Crippen molar-refractivity contribution in [2.75, 3.05) is 6.54 Å². The van der Waals surface area contributed by atoms with Crippen molar-refractivity contribution in [3.05, 3.63) is 107 Å². The first-order valence-corrected chi connectivity index (χ1v) is 13.3. The van der Waals surface area contributed by atoms with Gasteiger partial charge < -0.3 is 20.7 Å².